The van der Waals surface area contributed by atoms with Gasteiger partial charge >= 0.3 is 0 Å². The minimum Gasteiger partial charge on any atom is -0.289 e. The number of hydrogen-bond acceptors (Lipinski definition) is 3. The van der Waals surface area contributed by atoms with E-state index in [0.717, 1.165) is 0 Å². The van der Waals surface area contributed by atoms with Crippen molar-refractivity contribution in [2.75, 3.05) is 0 Å². The van der Waals surface area contributed by atoms with Gasteiger partial charge in [0.05, 0.1) is 5.56 Å². The van der Waals surface area contributed by atoms with Gasteiger partial charge in [-0.1, -0.05) is 42.5 Å². The second kappa shape index (κ2) is 4.49. The second-order valence-electron chi connectivity index (χ2n) is 3.30. The van der Waals surface area contributed by atoms with Crippen LogP contribution in [-0.4, -0.2) is 5.78 Å². The molecule has 0 saturated heterocycles. The van der Waals surface area contributed by atoms with Gasteiger partial charge in [0.15, 0.2) is 5.78 Å². The highest BCUT2D eigenvalue weighted by Gasteiger charge is 2.12. The molecular formula is C13H9NO2. The van der Waals surface area contributed by atoms with Crippen LogP contribution in [0.5, 0.6) is 0 Å². The summed E-state index contributed by atoms with van der Waals surface area (Å²) in [7, 11) is 0. The van der Waals surface area contributed by atoms with Crippen molar-refractivity contribution >= 4 is 11.5 Å². The topological polar surface area (TPSA) is 46.5 Å². The van der Waals surface area contributed by atoms with Crippen molar-refractivity contribution in [2.45, 2.75) is 0 Å². The van der Waals surface area contributed by atoms with Gasteiger partial charge in [-0.2, -0.15) is 0 Å². The van der Waals surface area contributed by atoms with Crippen LogP contribution < -0.4 is 0 Å². The van der Waals surface area contributed by atoms with E-state index in [4.69, 9.17) is 0 Å². The van der Waals surface area contributed by atoms with E-state index in [0.29, 0.717) is 11.1 Å². The summed E-state index contributed by atoms with van der Waals surface area (Å²) in [6.45, 7) is 0. The van der Waals surface area contributed by atoms with Crippen LogP contribution in [0, 0.1) is 4.91 Å². The van der Waals surface area contributed by atoms with Crippen molar-refractivity contribution < 1.29 is 4.79 Å². The highest BCUT2D eigenvalue weighted by molar-refractivity contribution is 6.11. The zero-order valence-electron chi connectivity index (χ0n) is 8.46. The molecule has 3 nitrogen and oxygen atoms in total. The Balaban J connectivity index is 2.46. The average molecular weight is 211 g/mol. The first kappa shape index (κ1) is 10.2. The lowest BCUT2D eigenvalue weighted by atomic mass is 10.0. The van der Waals surface area contributed by atoms with Crippen molar-refractivity contribution in [1.82, 2.24) is 0 Å². The zero-order chi connectivity index (χ0) is 11.4. The summed E-state index contributed by atoms with van der Waals surface area (Å²) in [5, 5.41) is 2.85. The molecule has 0 N–H and O–H groups in total. The highest BCUT2D eigenvalue weighted by atomic mass is 16.3. The number of nitroso groups, excluding NO2 is 1. The van der Waals surface area contributed by atoms with Crippen molar-refractivity contribution in [1.29, 1.82) is 0 Å². The molecule has 3 heteroatoms. The smallest absolute Gasteiger partial charge is 0.195 e. The Morgan fingerprint density at radius 3 is 2.19 bits per heavy atom. The molecule has 78 valence electrons. The minimum atomic E-state index is -0.184. The molecule has 0 aliphatic rings. The number of nitrogens with zero attached hydrogens (tertiary/aromatic N) is 1. The molecule has 0 spiro atoms. The quantitative estimate of drug-likeness (QED) is 0.577. The third-order valence-corrected chi connectivity index (χ3v) is 2.28. The SMILES string of the molecule is O=Nc1ccccc1C(=O)c1ccccc1. The summed E-state index contributed by atoms with van der Waals surface area (Å²) in [5.41, 5.74) is 1.07. The Kier molecular flexibility index (Phi) is 2.87. The van der Waals surface area contributed by atoms with Gasteiger partial charge in [-0.3, -0.25) is 4.79 Å². The fourth-order valence-electron chi connectivity index (χ4n) is 1.49. The Labute approximate surface area is 92.7 Å². The number of ketones is 1. The number of rotatable bonds is 3. The van der Waals surface area contributed by atoms with E-state index >= 15 is 0 Å². The lowest BCUT2D eigenvalue weighted by Gasteiger charge is -2.02. The van der Waals surface area contributed by atoms with Gasteiger partial charge in [-0.05, 0) is 17.3 Å². The van der Waals surface area contributed by atoms with Crippen LogP contribution in [-0.2, 0) is 0 Å². The zero-order valence-corrected chi connectivity index (χ0v) is 8.46. The van der Waals surface area contributed by atoms with Crippen LogP contribution in [0.4, 0.5) is 5.69 Å². The highest BCUT2D eigenvalue weighted by Crippen LogP contribution is 2.21. The van der Waals surface area contributed by atoms with E-state index in [-0.39, 0.29) is 11.5 Å². The molecule has 0 unspecified atom stereocenters. The van der Waals surface area contributed by atoms with Crippen LogP contribution >= 0.6 is 0 Å². The van der Waals surface area contributed by atoms with E-state index in [2.05, 4.69) is 5.18 Å². The number of carbonyl (C=O) groups is 1. The fraction of sp³-hybridized carbons (Fsp3) is 0. The monoisotopic (exact) mass is 211 g/mol. The largest absolute Gasteiger partial charge is 0.289 e. The van der Waals surface area contributed by atoms with Gasteiger partial charge in [-0.15, -0.1) is 4.91 Å². The third kappa shape index (κ3) is 1.88. The summed E-state index contributed by atoms with van der Waals surface area (Å²) in [6.07, 6.45) is 0. The summed E-state index contributed by atoms with van der Waals surface area (Å²) in [6, 6.07) is 15.3. The second-order valence-corrected chi connectivity index (χ2v) is 3.30. The molecule has 0 aliphatic carbocycles. The molecule has 0 heterocycles. The first-order chi connectivity index (χ1) is 7.83. The molecule has 0 atom stereocenters. The maximum absolute atomic E-state index is 12.0. The predicted octanol–water partition coefficient (Wildman–Crippen LogP) is 3.32. The van der Waals surface area contributed by atoms with E-state index < -0.39 is 0 Å². The molecule has 0 fully saturated rings. The summed E-state index contributed by atoms with van der Waals surface area (Å²) in [4.78, 5) is 22.6. The average Bonchev–Trinajstić information content (AvgIpc) is 2.39. The van der Waals surface area contributed by atoms with Gasteiger partial charge in [-0.25, -0.2) is 0 Å². The number of carbonyl (C=O) groups excluding carboxylic acids is 1. The molecule has 2 aromatic rings. The molecule has 0 aromatic heterocycles. The summed E-state index contributed by atoms with van der Waals surface area (Å²) >= 11 is 0. The first-order valence-electron chi connectivity index (χ1n) is 4.85. The Hall–Kier alpha value is -2.29. The molecule has 2 rings (SSSR count). The van der Waals surface area contributed by atoms with Crippen LogP contribution in [0.15, 0.2) is 59.8 Å². The van der Waals surface area contributed by atoms with Gasteiger partial charge in [0.2, 0.25) is 0 Å². The van der Waals surface area contributed by atoms with Crippen molar-refractivity contribution in [3.63, 3.8) is 0 Å². The van der Waals surface area contributed by atoms with Gasteiger partial charge < -0.3 is 0 Å². The van der Waals surface area contributed by atoms with E-state index in [1.807, 2.05) is 6.07 Å². The van der Waals surface area contributed by atoms with Gasteiger partial charge in [0.25, 0.3) is 0 Å². The molecule has 0 radical (unpaired) electrons. The van der Waals surface area contributed by atoms with E-state index in [1.54, 1.807) is 42.5 Å². The molecule has 16 heavy (non-hydrogen) atoms. The lowest BCUT2D eigenvalue weighted by Crippen LogP contribution is -2.00. The van der Waals surface area contributed by atoms with E-state index in [1.165, 1.54) is 6.07 Å². The lowest BCUT2D eigenvalue weighted by molar-refractivity contribution is 0.103. The molecule has 0 saturated carbocycles. The maximum Gasteiger partial charge on any atom is 0.195 e. The fourth-order valence-corrected chi connectivity index (χ4v) is 1.49. The Morgan fingerprint density at radius 1 is 0.875 bits per heavy atom. The standard InChI is InChI=1S/C13H9NO2/c15-13(10-6-2-1-3-7-10)11-8-4-5-9-12(11)14-16/h1-9H. The predicted molar refractivity (Wildman–Crippen MR) is 61.8 cm³/mol. The molecule has 0 aliphatic heterocycles. The van der Waals surface area contributed by atoms with Crippen molar-refractivity contribution in [3.05, 3.63) is 70.6 Å². The first-order valence-corrected chi connectivity index (χ1v) is 4.85. The normalized spacial score (nSPS) is 9.75. The molecule has 0 amide bonds. The van der Waals surface area contributed by atoms with Crippen LogP contribution in [0.25, 0.3) is 0 Å². The van der Waals surface area contributed by atoms with Crippen molar-refractivity contribution in [3.8, 4) is 0 Å². The minimum absolute atomic E-state index is 0.177. The van der Waals surface area contributed by atoms with Crippen LogP contribution in [0.3, 0.4) is 0 Å². The Bertz CT molecular complexity index is 520. The molecular weight excluding hydrogens is 202 g/mol. The van der Waals surface area contributed by atoms with Gasteiger partial charge in [0, 0.05) is 5.56 Å². The summed E-state index contributed by atoms with van der Waals surface area (Å²) in [5.74, 6) is -0.184. The van der Waals surface area contributed by atoms with Crippen molar-refractivity contribution in [2.24, 2.45) is 5.18 Å². The van der Waals surface area contributed by atoms with Crippen LogP contribution in [0.2, 0.25) is 0 Å². The molecule has 2 aromatic carbocycles. The third-order valence-electron chi connectivity index (χ3n) is 2.28. The van der Waals surface area contributed by atoms with Crippen LogP contribution in [0.1, 0.15) is 15.9 Å². The molecule has 0 bridgehead atoms. The Morgan fingerprint density at radius 2 is 1.50 bits per heavy atom. The number of hydrogen-bond donors (Lipinski definition) is 0. The number of benzene rings is 2. The maximum atomic E-state index is 12.0. The summed E-state index contributed by atoms with van der Waals surface area (Å²) < 4.78 is 0. The van der Waals surface area contributed by atoms with Gasteiger partial charge in [0.1, 0.15) is 5.69 Å². The van der Waals surface area contributed by atoms with E-state index in [9.17, 15) is 9.70 Å².